The standard InChI is InChI=1S/C11H17N3O2/c1-8(3-2-6-15)14-11(9-4-5-9)10(7-16)12-13-14/h7-9,15H,2-6H2,1H3. The number of aliphatic hydroxyl groups excluding tert-OH is 1. The monoisotopic (exact) mass is 223 g/mol. The summed E-state index contributed by atoms with van der Waals surface area (Å²) in [5, 5.41) is 16.8. The lowest BCUT2D eigenvalue weighted by molar-refractivity contribution is 0.111. The first-order valence-corrected chi connectivity index (χ1v) is 5.79. The fourth-order valence-corrected chi connectivity index (χ4v) is 1.98. The maximum absolute atomic E-state index is 10.9. The van der Waals surface area contributed by atoms with Crippen molar-refractivity contribution in [1.82, 2.24) is 15.0 Å². The first-order chi connectivity index (χ1) is 7.77. The first-order valence-electron chi connectivity index (χ1n) is 5.79. The van der Waals surface area contributed by atoms with Crippen LogP contribution in [-0.2, 0) is 0 Å². The van der Waals surface area contributed by atoms with Crippen LogP contribution in [0.2, 0.25) is 0 Å². The molecule has 1 atom stereocenters. The van der Waals surface area contributed by atoms with Crippen molar-refractivity contribution in [1.29, 1.82) is 0 Å². The first kappa shape index (κ1) is 11.3. The van der Waals surface area contributed by atoms with Crippen molar-refractivity contribution >= 4 is 6.29 Å². The minimum absolute atomic E-state index is 0.193. The van der Waals surface area contributed by atoms with Crippen LogP contribution in [0.1, 0.15) is 60.7 Å². The Labute approximate surface area is 94.5 Å². The average molecular weight is 223 g/mol. The Balaban J connectivity index is 2.19. The van der Waals surface area contributed by atoms with E-state index in [1.807, 2.05) is 11.6 Å². The highest BCUT2D eigenvalue weighted by Gasteiger charge is 2.32. The van der Waals surface area contributed by atoms with Crippen LogP contribution in [-0.4, -0.2) is 33.0 Å². The highest BCUT2D eigenvalue weighted by molar-refractivity contribution is 5.73. The molecule has 1 fully saturated rings. The lowest BCUT2D eigenvalue weighted by atomic mass is 10.1. The van der Waals surface area contributed by atoms with Gasteiger partial charge in [0.15, 0.2) is 6.29 Å². The Hall–Kier alpha value is -1.23. The van der Waals surface area contributed by atoms with Crippen molar-refractivity contribution in [2.24, 2.45) is 0 Å². The molecule has 2 rings (SSSR count). The molecular formula is C11H17N3O2. The number of aliphatic hydroxyl groups is 1. The number of aldehydes is 1. The number of hydrogen-bond donors (Lipinski definition) is 1. The zero-order valence-electron chi connectivity index (χ0n) is 9.46. The number of carbonyl (C=O) groups excluding carboxylic acids is 1. The smallest absolute Gasteiger partial charge is 0.172 e. The maximum Gasteiger partial charge on any atom is 0.172 e. The zero-order valence-corrected chi connectivity index (χ0v) is 9.46. The van der Waals surface area contributed by atoms with Crippen molar-refractivity contribution in [3.63, 3.8) is 0 Å². The number of hydrogen-bond acceptors (Lipinski definition) is 4. The normalized spacial score (nSPS) is 17.4. The molecule has 5 nitrogen and oxygen atoms in total. The third-order valence-corrected chi connectivity index (χ3v) is 3.03. The molecule has 16 heavy (non-hydrogen) atoms. The van der Waals surface area contributed by atoms with Crippen LogP contribution in [0, 0.1) is 0 Å². The molecule has 1 aromatic rings. The molecule has 0 aliphatic heterocycles. The van der Waals surface area contributed by atoms with E-state index in [4.69, 9.17) is 5.11 Å². The van der Waals surface area contributed by atoms with E-state index >= 15 is 0 Å². The third-order valence-electron chi connectivity index (χ3n) is 3.03. The highest BCUT2D eigenvalue weighted by Crippen LogP contribution is 2.41. The summed E-state index contributed by atoms with van der Waals surface area (Å²) in [6.45, 7) is 2.24. The molecule has 0 aromatic carbocycles. The van der Waals surface area contributed by atoms with Gasteiger partial charge in [0, 0.05) is 12.5 Å². The van der Waals surface area contributed by atoms with Gasteiger partial charge in [-0.25, -0.2) is 4.68 Å². The molecule has 1 aliphatic rings. The van der Waals surface area contributed by atoms with E-state index in [1.54, 1.807) is 0 Å². The molecule has 0 bridgehead atoms. The maximum atomic E-state index is 10.9. The van der Waals surface area contributed by atoms with Gasteiger partial charge in [0.1, 0.15) is 5.69 Å². The zero-order chi connectivity index (χ0) is 11.5. The summed E-state index contributed by atoms with van der Waals surface area (Å²) >= 11 is 0. The van der Waals surface area contributed by atoms with E-state index < -0.39 is 0 Å². The Bertz CT molecular complexity index is 371. The Morgan fingerprint density at radius 3 is 2.94 bits per heavy atom. The largest absolute Gasteiger partial charge is 0.396 e. The van der Waals surface area contributed by atoms with Crippen molar-refractivity contribution < 1.29 is 9.90 Å². The molecule has 0 saturated heterocycles. The number of rotatable bonds is 6. The number of aromatic nitrogens is 3. The van der Waals surface area contributed by atoms with E-state index in [2.05, 4.69) is 10.3 Å². The van der Waals surface area contributed by atoms with Gasteiger partial charge in [-0.05, 0) is 32.6 Å². The molecule has 1 aromatic heterocycles. The van der Waals surface area contributed by atoms with Crippen LogP contribution in [0.4, 0.5) is 0 Å². The van der Waals surface area contributed by atoms with Crippen molar-refractivity contribution in [2.75, 3.05) is 6.61 Å². The van der Waals surface area contributed by atoms with E-state index in [1.165, 1.54) is 0 Å². The van der Waals surface area contributed by atoms with E-state index in [9.17, 15) is 4.79 Å². The quantitative estimate of drug-likeness (QED) is 0.738. The number of nitrogens with zero attached hydrogens (tertiary/aromatic N) is 3. The Morgan fingerprint density at radius 1 is 1.62 bits per heavy atom. The van der Waals surface area contributed by atoms with Gasteiger partial charge in [0.05, 0.1) is 11.7 Å². The van der Waals surface area contributed by atoms with Crippen LogP contribution >= 0.6 is 0 Å². The molecule has 0 radical (unpaired) electrons. The van der Waals surface area contributed by atoms with Crippen molar-refractivity contribution in [3.05, 3.63) is 11.4 Å². The Morgan fingerprint density at radius 2 is 2.38 bits per heavy atom. The lowest BCUT2D eigenvalue weighted by Crippen LogP contribution is -2.11. The molecule has 1 heterocycles. The summed E-state index contributed by atoms with van der Waals surface area (Å²) in [4.78, 5) is 10.9. The lowest BCUT2D eigenvalue weighted by Gasteiger charge is -2.13. The van der Waals surface area contributed by atoms with Gasteiger partial charge in [-0.2, -0.15) is 0 Å². The van der Waals surface area contributed by atoms with E-state index in [0.29, 0.717) is 11.6 Å². The minimum atomic E-state index is 0.193. The topological polar surface area (TPSA) is 68.0 Å². The number of carbonyl (C=O) groups is 1. The van der Waals surface area contributed by atoms with E-state index in [-0.39, 0.29) is 12.6 Å². The average Bonchev–Trinajstić information content (AvgIpc) is 3.05. The fourth-order valence-electron chi connectivity index (χ4n) is 1.98. The molecule has 88 valence electrons. The predicted molar refractivity (Wildman–Crippen MR) is 58.4 cm³/mol. The third kappa shape index (κ3) is 2.14. The van der Waals surface area contributed by atoms with Gasteiger partial charge in [-0.15, -0.1) is 5.10 Å². The summed E-state index contributed by atoms with van der Waals surface area (Å²) in [5.74, 6) is 0.465. The molecule has 1 saturated carbocycles. The molecule has 0 amide bonds. The van der Waals surface area contributed by atoms with Crippen LogP contribution in [0.5, 0.6) is 0 Å². The van der Waals surface area contributed by atoms with Crippen LogP contribution < -0.4 is 0 Å². The predicted octanol–water partition coefficient (Wildman–Crippen LogP) is 1.30. The minimum Gasteiger partial charge on any atom is -0.396 e. The van der Waals surface area contributed by atoms with Crippen molar-refractivity contribution in [3.8, 4) is 0 Å². The SMILES string of the molecule is CC(CCCO)n1nnc(C=O)c1C1CC1. The van der Waals surface area contributed by atoms with Gasteiger partial charge in [-0.3, -0.25) is 4.79 Å². The fraction of sp³-hybridized carbons (Fsp3) is 0.727. The molecular weight excluding hydrogens is 206 g/mol. The molecule has 0 spiro atoms. The summed E-state index contributed by atoms with van der Waals surface area (Å²) in [5.41, 5.74) is 1.47. The van der Waals surface area contributed by atoms with Crippen LogP contribution in [0.25, 0.3) is 0 Å². The van der Waals surface area contributed by atoms with Crippen LogP contribution in [0.15, 0.2) is 0 Å². The van der Waals surface area contributed by atoms with E-state index in [0.717, 1.165) is 37.7 Å². The highest BCUT2D eigenvalue weighted by atomic mass is 16.2. The van der Waals surface area contributed by atoms with Crippen molar-refractivity contribution in [2.45, 2.75) is 44.6 Å². The van der Waals surface area contributed by atoms with Gasteiger partial charge >= 0.3 is 0 Å². The second-order valence-corrected chi connectivity index (χ2v) is 4.41. The van der Waals surface area contributed by atoms with Gasteiger partial charge in [0.25, 0.3) is 0 Å². The summed E-state index contributed by atoms with van der Waals surface area (Å²) in [6.07, 6.45) is 4.65. The molecule has 1 aliphatic carbocycles. The van der Waals surface area contributed by atoms with Crippen LogP contribution in [0.3, 0.4) is 0 Å². The second-order valence-electron chi connectivity index (χ2n) is 4.41. The Kier molecular flexibility index (Phi) is 3.33. The van der Waals surface area contributed by atoms with Gasteiger partial charge < -0.3 is 5.11 Å². The molecule has 5 heteroatoms. The van der Waals surface area contributed by atoms with Gasteiger partial charge in [-0.1, -0.05) is 5.21 Å². The summed E-state index contributed by atoms with van der Waals surface area (Å²) in [7, 11) is 0. The molecule has 1 unspecified atom stereocenters. The second kappa shape index (κ2) is 4.74. The summed E-state index contributed by atoms with van der Waals surface area (Å²) < 4.78 is 1.86. The van der Waals surface area contributed by atoms with Gasteiger partial charge in [0.2, 0.25) is 0 Å². The summed E-state index contributed by atoms with van der Waals surface area (Å²) in [6, 6.07) is 0.198. The molecule has 1 N–H and O–H groups in total.